The molecule has 0 aliphatic heterocycles. The first-order valence-electron chi connectivity index (χ1n) is 21.4. The molecule has 2 nitrogen and oxygen atoms in total. The number of fused-ring (bicyclic) bond motifs is 3. The van der Waals surface area contributed by atoms with Gasteiger partial charge in [0.15, 0.2) is 0 Å². The van der Waals surface area contributed by atoms with Gasteiger partial charge in [0.1, 0.15) is 0 Å². The van der Waals surface area contributed by atoms with Gasteiger partial charge in [-0.3, -0.25) is 0 Å². The van der Waals surface area contributed by atoms with Crippen LogP contribution in [0.3, 0.4) is 0 Å². The molecule has 2 unspecified atom stereocenters. The van der Waals surface area contributed by atoms with E-state index < -0.39 is 5.41 Å². The topological polar surface area (TPSA) is 8.17 Å². The van der Waals surface area contributed by atoms with E-state index in [-0.39, 0.29) is 0 Å². The Morgan fingerprint density at radius 1 is 0.767 bits per heavy atom. The molecule has 1 heterocycles. The molecule has 0 N–H and O–H groups in total. The largest absolute Gasteiger partial charge is 0.313 e. The number of rotatable bonds is 12. The average Bonchev–Trinajstić information content (AvgIpc) is 3.70. The summed E-state index contributed by atoms with van der Waals surface area (Å²) in [5.41, 5.74) is 18.3. The van der Waals surface area contributed by atoms with E-state index in [2.05, 4.69) is 230 Å². The van der Waals surface area contributed by atoms with Gasteiger partial charge in [-0.05, 0) is 148 Å². The highest BCUT2D eigenvalue weighted by molar-refractivity contribution is 5.93. The predicted molar refractivity (Wildman–Crippen MR) is 263 cm³/mol. The van der Waals surface area contributed by atoms with Crippen LogP contribution in [0.5, 0.6) is 0 Å². The van der Waals surface area contributed by atoms with E-state index in [9.17, 15) is 0 Å². The zero-order chi connectivity index (χ0) is 43.0. The van der Waals surface area contributed by atoms with Crippen molar-refractivity contribution in [3.8, 4) is 5.69 Å². The standard InChI is InChI=1S/C54H56N2.C4H6/c1-10-13-22-49-41(9)54(40(8)48(49)19-11-2,42-20-15-14-16-21-42)43-26-28-45(29-27-43)55(44(12-3)36-39(7)37(4)5)46-30-32-47(33-31-46)56-52-24-18-17-23-50(52)51-34-25-38(6)35-53(51)56;1-3-4-2/h11-34,36,38H,3,10,35H2,1-2,4-9H3;3-4H,1-2H2/b19-11-,22-13-,44-36+;. The molecule has 1 aromatic heterocycles. The van der Waals surface area contributed by atoms with Crippen LogP contribution >= 0.6 is 0 Å². The second-order valence-electron chi connectivity index (χ2n) is 16.1. The smallest absolute Gasteiger partial charge is 0.0634 e. The van der Waals surface area contributed by atoms with Crippen LogP contribution < -0.4 is 4.90 Å². The van der Waals surface area contributed by atoms with Crippen LogP contribution in [0.1, 0.15) is 84.2 Å². The van der Waals surface area contributed by atoms with Crippen molar-refractivity contribution < 1.29 is 0 Å². The molecule has 0 saturated carbocycles. The fourth-order valence-corrected chi connectivity index (χ4v) is 8.91. The molecular formula is C58H62N2. The summed E-state index contributed by atoms with van der Waals surface area (Å²) in [5, 5.41) is 1.31. The van der Waals surface area contributed by atoms with Gasteiger partial charge in [-0.2, -0.15) is 0 Å². The van der Waals surface area contributed by atoms with Crippen LogP contribution in [0.4, 0.5) is 11.4 Å². The zero-order valence-corrected chi connectivity index (χ0v) is 37.1. The van der Waals surface area contributed by atoms with Gasteiger partial charge in [-0.1, -0.05) is 154 Å². The molecule has 2 heteroatoms. The second kappa shape index (κ2) is 19.1. The van der Waals surface area contributed by atoms with Crippen molar-refractivity contribution >= 4 is 28.4 Å². The maximum Gasteiger partial charge on any atom is 0.0634 e. The number of benzene rings is 4. The normalized spacial score (nSPS) is 17.5. The Labute approximate surface area is 360 Å². The number of nitrogens with zero attached hydrogens (tertiary/aromatic N) is 2. The lowest BCUT2D eigenvalue weighted by Gasteiger charge is -2.36. The van der Waals surface area contributed by atoms with Gasteiger partial charge in [-0.25, -0.2) is 0 Å². The zero-order valence-electron chi connectivity index (χ0n) is 37.1. The Hall–Kier alpha value is -6.38. The summed E-state index contributed by atoms with van der Waals surface area (Å²) in [6.07, 6.45) is 23.3. The van der Waals surface area contributed by atoms with Crippen LogP contribution in [-0.2, 0) is 11.8 Å². The number of aromatic nitrogens is 1. The lowest BCUT2D eigenvalue weighted by Crippen LogP contribution is -2.29. The molecule has 0 amide bonds. The molecule has 0 saturated heterocycles. The van der Waals surface area contributed by atoms with Gasteiger partial charge in [0.25, 0.3) is 0 Å². The van der Waals surface area contributed by atoms with Gasteiger partial charge in [-0.15, -0.1) is 0 Å². The lowest BCUT2D eigenvalue weighted by atomic mass is 9.67. The van der Waals surface area contributed by atoms with Crippen molar-refractivity contribution in [2.45, 2.75) is 73.6 Å². The number of hydrogen-bond donors (Lipinski definition) is 0. The fourth-order valence-electron chi connectivity index (χ4n) is 8.91. The molecular weight excluding hydrogens is 725 g/mol. The summed E-state index contributed by atoms with van der Waals surface area (Å²) < 4.78 is 2.47. The molecule has 0 radical (unpaired) electrons. The van der Waals surface area contributed by atoms with E-state index in [4.69, 9.17) is 0 Å². The first-order chi connectivity index (χ1) is 29.1. The van der Waals surface area contributed by atoms with E-state index >= 15 is 0 Å². The molecule has 4 aromatic carbocycles. The molecule has 2 atom stereocenters. The maximum absolute atomic E-state index is 4.33. The van der Waals surface area contributed by atoms with Crippen LogP contribution in [0, 0.1) is 5.92 Å². The summed E-state index contributed by atoms with van der Waals surface area (Å²) in [5.74, 6) is 0.500. The number of anilines is 2. The van der Waals surface area contributed by atoms with Crippen molar-refractivity contribution in [3.05, 3.63) is 239 Å². The summed E-state index contributed by atoms with van der Waals surface area (Å²) in [7, 11) is 0. The second-order valence-corrected chi connectivity index (χ2v) is 16.1. The number of para-hydroxylation sites is 1. The molecule has 5 aromatic rings. The summed E-state index contributed by atoms with van der Waals surface area (Å²) in [4.78, 5) is 2.34. The third-order valence-electron chi connectivity index (χ3n) is 12.1. The molecule has 2 aliphatic rings. The van der Waals surface area contributed by atoms with Gasteiger partial charge in [0, 0.05) is 39.4 Å². The highest BCUT2D eigenvalue weighted by Gasteiger charge is 2.44. The van der Waals surface area contributed by atoms with E-state index in [1.54, 1.807) is 12.2 Å². The highest BCUT2D eigenvalue weighted by Crippen LogP contribution is 2.54. The minimum Gasteiger partial charge on any atom is -0.313 e. The van der Waals surface area contributed by atoms with Crippen molar-refractivity contribution in [2.24, 2.45) is 5.92 Å². The third kappa shape index (κ3) is 8.12. The molecule has 7 rings (SSSR count). The van der Waals surface area contributed by atoms with Crippen molar-refractivity contribution in [2.75, 3.05) is 4.90 Å². The van der Waals surface area contributed by atoms with Crippen molar-refractivity contribution in [3.63, 3.8) is 0 Å². The quantitative estimate of drug-likeness (QED) is 0.114. The van der Waals surface area contributed by atoms with Crippen LogP contribution in [0.15, 0.2) is 217 Å². The van der Waals surface area contributed by atoms with Crippen LogP contribution in [0.2, 0.25) is 0 Å². The van der Waals surface area contributed by atoms with E-state index in [1.165, 1.54) is 72.4 Å². The summed E-state index contributed by atoms with van der Waals surface area (Å²) in [6, 6.07) is 38.2. The maximum atomic E-state index is 4.33. The molecule has 0 spiro atoms. The summed E-state index contributed by atoms with van der Waals surface area (Å²) >= 11 is 0. The van der Waals surface area contributed by atoms with E-state index in [1.807, 2.05) is 6.08 Å². The van der Waals surface area contributed by atoms with Gasteiger partial charge in [0.05, 0.1) is 10.9 Å². The first-order valence-corrected chi connectivity index (χ1v) is 21.4. The number of allylic oxidation sites excluding steroid dienone is 15. The van der Waals surface area contributed by atoms with Crippen LogP contribution in [0.25, 0.3) is 22.7 Å². The highest BCUT2D eigenvalue weighted by atomic mass is 15.1. The summed E-state index contributed by atoms with van der Waals surface area (Å²) in [6.45, 7) is 28.8. The van der Waals surface area contributed by atoms with E-state index in [0.717, 1.165) is 29.9 Å². The average molecular weight is 787 g/mol. The van der Waals surface area contributed by atoms with Crippen molar-refractivity contribution in [1.29, 1.82) is 0 Å². The van der Waals surface area contributed by atoms with Gasteiger partial charge in [0.2, 0.25) is 0 Å². The SMILES string of the molecule is C=C/C(=C\C(C)=C(C)C)N(c1ccc(-n2c3c(c4ccccc42)C=CC(C)C3)cc1)c1ccc(C2(c3ccccc3)C(C)=C(/C=C\C)C(/C=C\CC)=C2C)cc1.C=CC=C. The van der Waals surface area contributed by atoms with E-state index in [0.29, 0.717) is 5.92 Å². The molecule has 0 fully saturated rings. The Morgan fingerprint density at radius 2 is 1.35 bits per heavy atom. The third-order valence-corrected chi connectivity index (χ3v) is 12.1. The Morgan fingerprint density at radius 3 is 1.93 bits per heavy atom. The molecule has 0 bridgehead atoms. The monoisotopic (exact) mass is 786 g/mol. The Kier molecular flexibility index (Phi) is 13.8. The number of hydrogen-bond acceptors (Lipinski definition) is 1. The minimum absolute atomic E-state index is 0.393. The Bertz CT molecular complexity index is 2580. The van der Waals surface area contributed by atoms with Crippen LogP contribution in [-0.4, -0.2) is 4.57 Å². The van der Waals surface area contributed by atoms with Gasteiger partial charge >= 0.3 is 0 Å². The first kappa shape index (κ1) is 43.2. The molecule has 304 valence electrons. The van der Waals surface area contributed by atoms with Gasteiger partial charge < -0.3 is 9.47 Å². The molecule has 60 heavy (non-hydrogen) atoms. The Balaban J connectivity index is 0.00000144. The lowest BCUT2D eigenvalue weighted by molar-refractivity contribution is 0.690. The molecule has 2 aliphatic carbocycles. The fraction of sp³-hybridized carbons (Fsp3) is 0.207. The van der Waals surface area contributed by atoms with Crippen molar-refractivity contribution in [1.82, 2.24) is 4.57 Å². The minimum atomic E-state index is -0.393. The predicted octanol–water partition coefficient (Wildman–Crippen LogP) is 16.2.